The Labute approximate surface area is 103 Å². The quantitative estimate of drug-likeness (QED) is 0.841. The molecule has 0 aromatic heterocycles. The van der Waals surface area contributed by atoms with Gasteiger partial charge in [-0.3, -0.25) is 0 Å². The van der Waals surface area contributed by atoms with Crippen molar-refractivity contribution in [3.63, 3.8) is 0 Å². The zero-order valence-corrected chi connectivity index (χ0v) is 10.6. The Bertz CT molecular complexity index is 368. The third-order valence-corrected chi connectivity index (χ3v) is 2.43. The van der Waals surface area contributed by atoms with Crippen molar-refractivity contribution in [1.29, 1.82) is 0 Å². The summed E-state index contributed by atoms with van der Waals surface area (Å²) in [6.45, 7) is 3.20. The minimum Gasteiger partial charge on any atom is -0.482 e. The van der Waals surface area contributed by atoms with Gasteiger partial charge in [0.1, 0.15) is 5.75 Å². The van der Waals surface area contributed by atoms with Crippen LogP contribution in [0.1, 0.15) is 12.5 Å². The second kappa shape index (κ2) is 6.50. The molecule has 2 N–H and O–H groups in total. The van der Waals surface area contributed by atoms with Gasteiger partial charge in [-0.2, -0.15) is 0 Å². The summed E-state index contributed by atoms with van der Waals surface area (Å²) < 4.78 is 6.14. The normalized spacial score (nSPS) is 10.1. The molecule has 5 heteroatoms. The highest BCUT2D eigenvalue weighted by Crippen LogP contribution is 2.23. The van der Waals surface area contributed by atoms with Crippen molar-refractivity contribution in [2.75, 3.05) is 13.2 Å². The van der Waals surface area contributed by atoms with Gasteiger partial charge in [-0.1, -0.05) is 22.9 Å². The molecule has 0 fully saturated rings. The third kappa shape index (κ3) is 4.20. The van der Waals surface area contributed by atoms with Crippen LogP contribution in [0.25, 0.3) is 0 Å². The maximum absolute atomic E-state index is 10.4. The lowest BCUT2D eigenvalue weighted by Gasteiger charge is -2.10. The van der Waals surface area contributed by atoms with Crippen LogP contribution in [0, 0.1) is 0 Å². The molecule has 1 aromatic rings. The van der Waals surface area contributed by atoms with Crippen molar-refractivity contribution in [1.82, 2.24) is 5.32 Å². The number of nitrogens with one attached hydrogen (secondary N) is 1. The predicted octanol–water partition coefficient (Wildman–Crippen LogP) is 2.02. The van der Waals surface area contributed by atoms with Gasteiger partial charge in [-0.05, 0) is 24.7 Å². The van der Waals surface area contributed by atoms with Crippen LogP contribution in [-0.4, -0.2) is 24.2 Å². The van der Waals surface area contributed by atoms with Gasteiger partial charge in [0.25, 0.3) is 0 Å². The smallest absolute Gasteiger partial charge is 0.341 e. The summed E-state index contributed by atoms with van der Waals surface area (Å²) >= 11 is 3.37. The molecule has 0 unspecified atom stereocenters. The van der Waals surface area contributed by atoms with Crippen molar-refractivity contribution >= 4 is 21.9 Å². The second-order valence-electron chi connectivity index (χ2n) is 3.21. The van der Waals surface area contributed by atoms with Crippen LogP contribution in [0.4, 0.5) is 0 Å². The van der Waals surface area contributed by atoms with E-state index in [-0.39, 0.29) is 6.61 Å². The molecule has 0 heterocycles. The summed E-state index contributed by atoms with van der Waals surface area (Å²) in [4.78, 5) is 10.4. The van der Waals surface area contributed by atoms with Crippen LogP contribution >= 0.6 is 15.9 Å². The fraction of sp³-hybridized carbons (Fsp3) is 0.364. The average Bonchev–Trinajstić information content (AvgIpc) is 2.24. The molecule has 4 nitrogen and oxygen atoms in total. The topological polar surface area (TPSA) is 58.6 Å². The van der Waals surface area contributed by atoms with Crippen molar-refractivity contribution in [2.24, 2.45) is 0 Å². The van der Waals surface area contributed by atoms with Crippen LogP contribution in [0.3, 0.4) is 0 Å². The molecule has 0 saturated carbocycles. The van der Waals surface area contributed by atoms with E-state index in [1.165, 1.54) is 0 Å². The largest absolute Gasteiger partial charge is 0.482 e. The molecule has 0 aliphatic heterocycles. The van der Waals surface area contributed by atoms with Crippen molar-refractivity contribution in [3.05, 3.63) is 28.2 Å². The Balaban J connectivity index is 2.76. The Morgan fingerprint density at radius 2 is 2.31 bits per heavy atom. The van der Waals surface area contributed by atoms with E-state index in [9.17, 15) is 4.79 Å². The van der Waals surface area contributed by atoms with Gasteiger partial charge in [0.2, 0.25) is 0 Å². The average molecular weight is 288 g/mol. The number of carboxylic acids is 1. The van der Waals surface area contributed by atoms with Crippen molar-refractivity contribution in [2.45, 2.75) is 13.5 Å². The van der Waals surface area contributed by atoms with Crippen molar-refractivity contribution in [3.8, 4) is 5.75 Å². The molecule has 0 aliphatic rings. The molecule has 0 spiro atoms. The molecule has 0 radical (unpaired) electrons. The van der Waals surface area contributed by atoms with Gasteiger partial charge in [-0.15, -0.1) is 0 Å². The summed E-state index contributed by atoms with van der Waals surface area (Å²) in [6, 6.07) is 5.51. The number of rotatable bonds is 6. The number of carboxylic acid groups (broad SMARTS) is 1. The van der Waals surface area contributed by atoms with Crippen LogP contribution in [0.5, 0.6) is 5.75 Å². The summed E-state index contributed by atoms with van der Waals surface area (Å²) in [7, 11) is 0. The predicted molar refractivity (Wildman–Crippen MR) is 64.7 cm³/mol. The number of aliphatic carboxylic acids is 1. The number of ether oxygens (including phenoxy) is 1. The zero-order chi connectivity index (χ0) is 12.0. The number of carbonyl (C=O) groups is 1. The van der Waals surface area contributed by atoms with E-state index in [0.29, 0.717) is 12.3 Å². The van der Waals surface area contributed by atoms with Gasteiger partial charge in [0.05, 0.1) is 0 Å². The molecular weight excluding hydrogens is 274 g/mol. The lowest BCUT2D eigenvalue weighted by Crippen LogP contribution is -2.15. The Morgan fingerprint density at radius 3 is 2.94 bits per heavy atom. The van der Waals surface area contributed by atoms with E-state index in [4.69, 9.17) is 9.84 Å². The lowest BCUT2D eigenvalue weighted by molar-refractivity contribution is -0.139. The number of hydrogen-bond donors (Lipinski definition) is 2. The van der Waals surface area contributed by atoms with E-state index in [0.717, 1.165) is 16.6 Å². The number of hydrogen-bond acceptors (Lipinski definition) is 3. The highest BCUT2D eigenvalue weighted by Gasteiger charge is 2.06. The maximum Gasteiger partial charge on any atom is 0.341 e. The first-order chi connectivity index (χ1) is 7.63. The standard InChI is InChI=1S/C11H14BrNO3/c1-2-13-6-8-5-9(12)3-4-10(8)16-7-11(14)15/h3-5,13H,2,6-7H2,1H3,(H,14,15). The molecular formula is C11H14BrNO3. The Morgan fingerprint density at radius 1 is 1.56 bits per heavy atom. The summed E-state index contributed by atoms with van der Waals surface area (Å²) in [5.74, 6) is -0.371. The van der Waals surface area contributed by atoms with Gasteiger partial charge in [-0.25, -0.2) is 4.79 Å². The Kier molecular flexibility index (Phi) is 5.28. The number of halogens is 1. The molecule has 0 saturated heterocycles. The monoisotopic (exact) mass is 287 g/mol. The van der Waals surface area contributed by atoms with Crippen LogP contribution in [-0.2, 0) is 11.3 Å². The molecule has 0 bridgehead atoms. The van der Waals surface area contributed by atoms with Gasteiger partial charge in [0.15, 0.2) is 6.61 Å². The summed E-state index contributed by atoms with van der Waals surface area (Å²) in [5.41, 5.74) is 0.942. The van der Waals surface area contributed by atoms with Gasteiger partial charge < -0.3 is 15.2 Å². The first kappa shape index (κ1) is 13.0. The first-order valence-electron chi connectivity index (χ1n) is 4.97. The SMILES string of the molecule is CCNCc1cc(Br)ccc1OCC(=O)O. The van der Waals surface area contributed by atoms with Crippen LogP contribution in [0.2, 0.25) is 0 Å². The molecule has 1 rings (SSSR count). The molecule has 88 valence electrons. The lowest BCUT2D eigenvalue weighted by atomic mass is 10.2. The molecule has 0 amide bonds. The van der Waals surface area contributed by atoms with Crippen LogP contribution in [0.15, 0.2) is 22.7 Å². The van der Waals surface area contributed by atoms with E-state index in [2.05, 4.69) is 21.2 Å². The molecule has 0 atom stereocenters. The van der Waals surface area contributed by atoms with Gasteiger partial charge >= 0.3 is 5.97 Å². The van der Waals surface area contributed by atoms with E-state index in [1.807, 2.05) is 19.1 Å². The molecule has 16 heavy (non-hydrogen) atoms. The van der Waals surface area contributed by atoms with Crippen molar-refractivity contribution < 1.29 is 14.6 Å². The van der Waals surface area contributed by atoms with Crippen LogP contribution < -0.4 is 10.1 Å². The fourth-order valence-corrected chi connectivity index (χ4v) is 1.63. The number of benzene rings is 1. The van der Waals surface area contributed by atoms with E-state index < -0.39 is 5.97 Å². The first-order valence-corrected chi connectivity index (χ1v) is 5.76. The highest BCUT2D eigenvalue weighted by atomic mass is 79.9. The van der Waals surface area contributed by atoms with E-state index in [1.54, 1.807) is 6.07 Å². The zero-order valence-electron chi connectivity index (χ0n) is 9.00. The van der Waals surface area contributed by atoms with Gasteiger partial charge in [0, 0.05) is 16.6 Å². The highest BCUT2D eigenvalue weighted by molar-refractivity contribution is 9.10. The minimum atomic E-state index is -0.975. The summed E-state index contributed by atoms with van der Waals surface area (Å²) in [5, 5.41) is 11.7. The molecule has 0 aliphatic carbocycles. The fourth-order valence-electron chi connectivity index (χ4n) is 1.23. The second-order valence-corrected chi connectivity index (χ2v) is 4.13. The summed E-state index contributed by atoms with van der Waals surface area (Å²) in [6.07, 6.45) is 0. The Hall–Kier alpha value is -1.07. The minimum absolute atomic E-state index is 0.319. The van der Waals surface area contributed by atoms with E-state index >= 15 is 0 Å². The maximum atomic E-state index is 10.4. The molecule has 1 aromatic carbocycles. The third-order valence-electron chi connectivity index (χ3n) is 1.94.